The van der Waals surface area contributed by atoms with Crippen LogP contribution in [0.4, 0.5) is 0 Å². The molecule has 1 N–H and O–H groups in total. The van der Waals surface area contributed by atoms with E-state index in [2.05, 4.69) is 11.2 Å². The predicted molar refractivity (Wildman–Crippen MR) is 69.4 cm³/mol. The van der Waals surface area contributed by atoms with Gasteiger partial charge in [0, 0.05) is 6.20 Å². The Labute approximate surface area is 106 Å². The average molecular weight is 244 g/mol. The van der Waals surface area contributed by atoms with Gasteiger partial charge in [-0.3, -0.25) is 0 Å². The summed E-state index contributed by atoms with van der Waals surface area (Å²) >= 11 is 0. The first kappa shape index (κ1) is 12.4. The van der Waals surface area contributed by atoms with Gasteiger partial charge in [-0.05, 0) is 31.9 Å². The van der Waals surface area contributed by atoms with Gasteiger partial charge in [-0.25, -0.2) is 9.48 Å². The van der Waals surface area contributed by atoms with E-state index in [-0.39, 0.29) is 5.56 Å². The van der Waals surface area contributed by atoms with E-state index in [1.807, 2.05) is 32.9 Å². The monoisotopic (exact) mass is 244 g/mol. The molecule has 0 saturated carbocycles. The zero-order chi connectivity index (χ0) is 13.3. The molecule has 0 unspecified atom stereocenters. The quantitative estimate of drug-likeness (QED) is 0.903. The lowest BCUT2D eigenvalue weighted by atomic mass is 10.1. The zero-order valence-corrected chi connectivity index (χ0v) is 10.8. The highest BCUT2D eigenvalue weighted by Crippen LogP contribution is 2.17. The molecule has 4 nitrogen and oxygen atoms in total. The zero-order valence-electron chi connectivity index (χ0n) is 10.8. The second-order valence-electron chi connectivity index (χ2n) is 4.38. The second-order valence-corrected chi connectivity index (χ2v) is 4.38. The molecule has 0 amide bonds. The molecule has 1 heterocycles. The van der Waals surface area contributed by atoms with Crippen molar-refractivity contribution < 1.29 is 9.90 Å². The third-order valence-electron chi connectivity index (χ3n) is 2.96. The summed E-state index contributed by atoms with van der Waals surface area (Å²) in [4.78, 5) is 11.1. The number of aromatic nitrogens is 2. The lowest BCUT2D eigenvalue weighted by molar-refractivity contribution is 0.0695. The maximum absolute atomic E-state index is 11.1. The van der Waals surface area contributed by atoms with Crippen LogP contribution in [-0.2, 0) is 6.42 Å². The summed E-state index contributed by atoms with van der Waals surface area (Å²) in [6.45, 7) is 5.93. The molecule has 0 radical (unpaired) electrons. The van der Waals surface area contributed by atoms with Crippen LogP contribution in [0.2, 0.25) is 0 Å². The normalized spacial score (nSPS) is 10.6. The number of nitrogens with zero attached hydrogens (tertiary/aromatic N) is 2. The van der Waals surface area contributed by atoms with Gasteiger partial charge in [0.1, 0.15) is 5.56 Å². The number of aromatic carboxylic acids is 1. The molecular weight excluding hydrogens is 228 g/mol. The van der Waals surface area contributed by atoms with Crippen LogP contribution in [0.25, 0.3) is 5.69 Å². The molecule has 0 aliphatic rings. The van der Waals surface area contributed by atoms with Crippen molar-refractivity contribution in [3.8, 4) is 5.69 Å². The van der Waals surface area contributed by atoms with Crippen molar-refractivity contribution in [2.24, 2.45) is 0 Å². The molecule has 2 rings (SSSR count). The molecule has 1 aromatic carbocycles. The first-order valence-electron chi connectivity index (χ1n) is 5.92. The van der Waals surface area contributed by atoms with E-state index in [9.17, 15) is 4.79 Å². The van der Waals surface area contributed by atoms with E-state index in [4.69, 9.17) is 5.11 Å². The highest BCUT2D eigenvalue weighted by molar-refractivity contribution is 5.88. The van der Waals surface area contributed by atoms with Gasteiger partial charge in [-0.2, -0.15) is 5.10 Å². The number of carbonyl (C=O) groups is 1. The van der Waals surface area contributed by atoms with E-state index < -0.39 is 5.97 Å². The van der Waals surface area contributed by atoms with E-state index in [1.165, 1.54) is 5.56 Å². The highest BCUT2D eigenvalue weighted by atomic mass is 16.4. The molecule has 0 aliphatic carbocycles. The maximum atomic E-state index is 11.1. The minimum atomic E-state index is -0.928. The van der Waals surface area contributed by atoms with E-state index in [0.29, 0.717) is 12.1 Å². The Kier molecular flexibility index (Phi) is 3.19. The summed E-state index contributed by atoms with van der Waals surface area (Å²) in [6.07, 6.45) is 2.19. The first-order chi connectivity index (χ1) is 8.52. The van der Waals surface area contributed by atoms with Crippen LogP contribution in [0.15, 0.2) is 24.4 Å². The highest BCUT2D eigenvalue weighted by Gasteiger charge is 2.15. The van der Waals surface area contributed by atoms with E-state index in [1.54, 1.807) is 10.9 Å². The SMILES string of the molecule is CCc1nn(-c2ccc(C)cc2C)cc1C(=O)O. The van der Waals surface area contributed by atoms with Crippen molar-refractivity contribution in [2.45, 2.75) is 27.2 Å². The number of carboxylic acid groups (broad SMARTS) is 1. The van der Waals surface area contributed by atoms with Crippen molar-refractivity contribution in [2.75, 3.05) is 0 Å². The van der Waals surface area contributed by atoms with Crippen LogP contribution >= 0.6 is 0 Å². The number of carboxylic acids is 1. The molecule has 0 bridgehead atoms. The number of benzene rings is 1. The average Bonchev–Trinajstić information content (AvgIpc) is 2.73. The molecule has 0 aliphatic heterocycles. The summed E-state index contributed by atoms with van der Waals surface area (Å²) in [5.41, 5.74) is 4.07. The molecule has 0 fully saturated rings. The number of rotatable bonds is 3. The first-order valence-corrected chi connectivity index (χ1v) is 5.92. The maximum Gasteiger partial charge on any atom is 0.339 e. The molecule has 94 valence electrons. The summed E-state index contributed by atoms with van der Waals surface area (Å²) in [7, 11) is 0. The lowest BCUT2D eigenvalue weighted by Crippen LogP contribution is -1.98. The third-order valence-corrected chi connectivity index (χ3v) is 2.96. The van der Waals surface area contributed by atoms with Gasteiger partial charge >= 0.3 is 5.97 Å². The fraction of sp³-hybridized carbons (Fsp3) is 0.286. The Bertz CT molecular complexity index is 600. The molecule has 2 aromatic rings. The van der Waals surface area contributed by atoms with Crippen molar-refractivity contribution in [3.05, 3.63) is 46.8 Å². The van der Waals surface area contributed by atoms with Gasteiger partial charge in [-0.1, -0.05) is 24.6 Å². The fourth-order valence-corrected chi connectivity index (χ4v) is 2.04. The Morgan fingerprint density at radius 3 is 2.61 bits per heavy atom. The van der Waals surface area contributed by atoms with Gasteiger partial charge < -0.3 is 5.11 Å². The van der Waals surface area contributed by atoms with Gasteiger partial charge in [0.25, 0.3) is 0 Å². The molecule has 4 heteroatoms. The Balaban J connectivity index is 2.54. The molecular formula is C14H16N2O2. The van der Waals surface area contributed by atoms with Crippen molar-refractivity contribution in [1.82, 2.24) is 9.78 Å². The van der Waals surface area contributed by atoms with Gasteiger partial charge in [0.15, 0.2) is 0 Å². The number of aryl methyl sites for hydroxylation is 3. The van der Waals surface area contributed by atoms with Crippen LogP contribution in [0.3, 0.4) is 0 Å². The third kappa shape index (κ3) is 2.14. The minimum Gasteiger partial charge on any atom is -0.478 e. The Morgan fingerprint density at radius 2 is 2.11 bits per heavy atom. The van der Waals surface area contributed by atoms with E-state index >= 15 is 0 Å². The Morgan fingerprint density at radius 1 is 1.39 bits per heavy atom. The smallest absolute Gasteiger partial charge is 0.339 e. The molecule has 0 saturated heterocycles. The topological polar surface area (TPSA) is 55.1 Å². The van der Waals surface area contributed by atoms with Gasteiger partial charge in [-0.15, -0.1) is 0 Å². The van der Waals surface area contributed by atoms with Crippen LogP contribution < -0.4 is 0 Å². The summed E-state index contributed by atoms with van der Waals surface area (Å²) in [5, 5.41) is 13.5. The van der Waals surface area contributed by atoms with Gasteiger partial charge in [0.05, 0.1) is 11.4 Å². The van der Waals surface area contributed by atoms with Crippen molar-refractivity contribution in [1.29, 1.82) is 0 Å². The molecule has 0 spiro atoms. The fourth-order valence-electron chi connectivity index (χ4n) is 2.04. The minimum absolute atomic E-state index is 0.275. The van der Waals surface area contributed by atoms with Crippen LogP contribution in [0, 0.1) is 13.8 Å². The molecule has 1 aromatic heterocycles. The van der Waals surface area contributed by atoms with Gasteiger partial charge in [0.2, 0.25) is 0 Å². The summed E-state index contributed by atoms with van der Waals surface area (Å²) in [5.74, 6) is -0.928. The van der Waals surface area contributed by atoms with Crippen LogP contribution in [0.5, 0.6) is 0 Å². The van der Waals surface area contributed by atoms with Crippen LogP contribution in [0.1, 0.15) is 34.1 Å². The van der Waals surface area contributed by atoms with Crippen molar-refractivity contribution in [3.63, 3.8) is 0 Å². The Hall–Kier alpha value is -2.10. The second kappa shape index (κ2) is 4.64. The number of hydrogen-bond acceptors (Lipinski definition) is 2. The molecule has 18 heavy (non-hydrogen) atoms. The van der Waals surface area contributed by atoms with Crippen molar-refractivity contribution >= 4 is 5.97 Å². The summed E-state index contributed by atoms with van der Waals surface area (Å²) < 4.78 is 1.65. The summed E-state index contributed by atoms with van der Waals surface area (Å²) in [6, 6.07) is 6.02. The van der Waals surface area contributed by atoms with Crippen LogP contribution in [-0.4, -0.2) is 20.9 Å². The van der Waals surface area contributed by atoms with E-state index in [0.717, 1.165) is 11.3 Å². The number of hydrogen-bond donors (Lipinski definition) is 1. The largest absolute Gasteiger partial charge is 0.478 e. The predicted octanol–water partition coefficient (Wildman–Crippen LogP) is 2.75. The standard InChI is InChI=1S/C14H16N2O2/c1-4-12-11(14(17)18)8-16(15-12)13-6-5-9(2)7-10(13)3/h5-8H,4H2,1-3H3,(H,17,18). The molecule has 0 atom stereocenters. The lowest BCUT2D eigenvalue weighted by Gasteiger charge is -2.06.